The summed E-state index contributed by atoms with van der Waals surface area (Å²) in [4.78, 5) is 2.66. The van der Waals surface area contributed by atoms with E-state index in [1.165, 1.54) is 57.5 Å². The number of thioether (sulfide) groups is 1. The van der Waals surface area contributed by atoms with E-state index in [9.17, 15) is 0 Å². The van der Waals surface area contributed by atoms with Crippen LogP contribution in [-0.2, 0) is 0 Å². The predicted octanol–water partition coefficient (Wildman–Crippen LogP) is 2.84. The van der Waals surface area contributed by atoms with Gasteiger partial charge in [-0.25, -0.2) is 0 Å². The lowest BCUT2D eigenvalue weighted by atomic mass is 9.94. The van der Waals surface area contributed by atoms with Gasteiger partial charge in [0.05, 0.1) is 0 Å². The smallest absolute Gasteiger partial charge is 0.0114 e. The van der Waals surface area contributed by atoms with Gasteiger partial charge in [-0.1, -0.05) is 19.8 Å². The van der Waals surface area contributed by atoms with E-state index in [0.717, 1.165) is 12.0 Å². The summed E-state index contributed by atoms with van der Waals surface area (Å²) in [6.07, 6.45) is 9.16. The van der Waals surface area contributed by atoms with E-state index in [1.807, 2.05) is 11.8 Å². The zero-order chi connectivity index (χ0) is 12.5. The van der Waals surface area contributed by atoms with Crippen molar-refractivity contribution >= 4 is 11.8 Å². The standard InChI is InChI=1S/C14H30N2S/c1-13-12-16(10-8-14(13)15-2)9-6-4-5-7-11-17-3/h13-15H,4-12H2,1-3H3. The number of rotatable bonds is 8. The van der Waals surface area contributed by atoms with Crippen molar-refractivity contribution in [3.63, 3.8) is 0 Å². The summed E-state index contributed by atoms with van der Waals surface area (Å²) in [5, 5.41) is 3.44. The highest BCUT2D eigenvalue weighted by Gasteiger charge is 2.23. The summed E-state index contributed by atoms with van der Waals surface area (Å²) in [6.45, 7) is 6.28. The molecule has 102 valence electrons. The van der Waals surface area contributed by atoms with Crippen LogP contribution >= 0.6 is 11.8 Å². The van der Waals surface area contributed by atoms with Crippen LogP contribution in [0.1, 0.15) is 39.0 Å². The first-order valence-corrected chi connectivity index (χ1v) is 8.56. The molecule has 1 heterocycles. The second kappa shape index (κ2) is 9.23. The summed E-state index contributed by atoms with van der Waals surface area (Å²) in [5.74, 6) is 2.15. The summed E-state index contributed by atoms with van der Waals surface area (Å²) >= 11 is 1.97. The van der Waals surface area contributed by atoms with Crippen LogP contribution in [0, 0.1) is 5.92 Å². The molecular formula is C14H30N2S. The maximum Gasteiger partial charge on any atom is 0.0114 e. The molecule has 2 unspecified atom stereocenters. The summed E-state index contributed by atoms with van der Waals surface area (Å²) < 4.78 is 0. The molecule has 1 saturated heterocycles. The molecule has 1 aliphatic rings. The normalized spacial score (nSPS) is 26.3. The fourth-order valence-electron chi connectivity index (χ4n) is 2.80. The van der Waals surface area contributed by atoms with E-state index in [0.29, 0.717) is 0 Å². The maximum absolute atomic E-state index is 3.44. The fourth-order valence-corrected chi connectivity index (χ4v) is 3.29. The van der Waals surface area contributed by atoms with Gasteiger partial charge in [-0.2, -0.15) is 11.8 Å². The predicted molar refractivity (Wildman–Crippen MR) is 79.9 cm³/mol. The highest BCUT2D eigenvalue weighted by Crippen LogP contribution is 2.17. The Labute approximate surface area is 112 Å². The molecule has 0 aromatic rings. The molecule has 1 aliphatic heterocycles. The number of hydrogen-bond acceptors (Lipinski definition) is 3. The Morgan fingerprint density at radius 2 is 2.00 bits per heavy atom. The van der Waals surface area contributed by atoms with Gasteiger partial charge in [-0.3, -0.25) is 0 Å². The number of unbranched alkanes of at least 4 members (excludes halogenated alkanes) is 3. The number of likely N-dealkylation sites (tertiary alicyclic amines) is 1. The van der Waals surface area contributed by atoms with E-state index >= 15 is 0 Å². The molecule has 1 fully saturated rings. The largest absolute Gasteiger partial charge is 0.317 e. The molecule has 0 radical (unpaired) electrons. The van der Waals surface area contributed by atoms with Crippen LogP contribution in [-0.4, -0.2) is 49.6 Å². The third kappa shape index (κ3) is 6.12. The number of hydrogen-bond donors (Lipinski definition) is 1. The minimum Gasteiger partial charge on any atom is -0.317 e. The first-order chi connectivity index (χ1) is 8.27. The van der Waals surface area contributed by atoms with Crippen LogP contribution < -0.4 is 5.32 Å². The van der Waals surface area contributed by atoms with Crippen LogP contribution in [0.4, 0.5) is 0 Å². The van der Waals surface area contributed by atoms with Gasteiger partial charge >= 0.3 is 0 Å². The fraction of sp³-hybridized carbons (Fsp3) is 1.00. The maximum atomic E-state index is 3.44. The van der Waals surface area contributed by atoms with E-state index in [2.05, 4.69) is 30.4 Å². The molecule has 3 heteroatoms. The summed E-state index contributed by atoms with van der Waals surface area (Å²) in [6, 6.07) is 0.743. The molecule has 0 aromatic heterocycles. The lowest BCUT2D eigenvalue weighted by Crippen LogP contribution is -2.47. The Kier molecular flexibility index (Phi) is 8.33. The first kappa shape index (κ1) is 15.3. The van der Waals surface area contributed by atoms with E-state index in [1.54, 1.807) is 0 Å². The Balaban J connectivity index is 2.01. The van der Waals surface area contributed by atoms with Crippen molar-refractivity contribution in [1.82, 2.24) is 10.2 Å². The number of nitrogens with one attached hydrogen (secondary N) is 1. The van der Waals surface area contributed by atoms with Gasteiger partial charge in [0.25, 0.3) is 0 Å². The van der Waals surface area contributed by atoms with Crippen molar-refractivity contribution in [3.8, 4) is 0 Å². The zero-order valence-corrected chi connectivity index (χ0v) is 12.7. The van der Waals surface area contributed by atoms with Crippen LogP contribution in [0.5, 0.6) is 0 Å². The first-order valence-electron chi connectivity index (χ1n) is 7.16. The van der Waals surface area contributed by atoms with Gasteiger partial charge in [-0.05, 0) is 57.3 Å². The van der Waals surface area contributed by atoms with E-state index in [4.69, 9.17) is 0 Å². The van der Waals surface area contributed by atoms with Crippen LogP contribution in [0.2, 0.25) is 0 Å². The molecule has 2 nitrogen and oxygen atoms in total. The molecule has 2 atom stereocenters. The Morgan fingerprint density at radius 1 is 1.24 bits per heavy atom. The molecule has 0 aliphatic carbocycles. The lowest BCUT2D eigenvalue weighted by molar-refractivity contribution is 0.149. The lowest BCUT2D eigenvalue weighted by Gasteiger charge is -2.36. The van der Waals surface area contributed by atoms with Crippen molar-refractivity contribution in [3.05, 3.63) is 0 Å². The molecule has 0 bridgehead atoms. The Bertz CT molecular complexity index is 187. The third-order valence-corrected chi connectivity index (χ3v) is 4.63. The minimum absolute atomic E-state index is 0.743. The van der Waals surface area contributed by atoms with Crippen LogP contribution in [0.25, 0.3) is 0 Å². The van der Waals surface area contributed by atoms with E-state index in [-0.39, 0.29) is 0 Å². The average Bonchev–Trinajstić information content (AvgIpc) is 2.34. The van der Waals surface area contributed by atoms with Gasteiger partial charge in [0, 0.05) is 12.6 Å². The minimum atomic E-state index is 0.743. The second-order valence-corrected chi connectivity index (χ2v) is 6.35. The van der Waals surface area contributed by atoms with Crippen LogP contribution in [0.15, 0.2) is 0 Å². The average molecular weight is 258 g/mol. The molecule has 0 aromatic carbocycles. The molecule has 1 rings (SSSR count). The van der Waals surface area contributed by atoms with Crippen molar-refractivity contribution in [2.24, 2.45) is 5.92 Å². The SMILES string of the molecule is CNC1CCN(CCCCCCSC)CC1C. The zero-order valence-electron chi connectivity index (χ0n) is 11.9. The molecule has 1 N–H and O–H groups in total. The van der Waals surface area contributed by atoms with E-state index < -0.39 is 0 Å². The van der Waals surface area contributed by atoms with Crippen molar-refractivity contribution in [1.29, 1.82) is 0 Å². The third-order valence-electron chi connectivity index (χ3n) is 3.93. The van der Waals surface area contributed by atoms with Crippen LogP contribution in [0.3, 0.4) is 0 Å². The summed E-state index contributed by atoms with van der Waals surface area (Å²) in [5.41, 5.74) is 0. The Hall–Kier alpha value is 0.270. The molecule has 0 spiro atoms. The highest BCUT2D eigenvalue weighted by molar-refractivity contribution is 7.98. The topological polar surface area (TPSA) is 15.3 Å². The van der Waals surface area contributed by atoms with Crippen molar-refractivity contribution in [2.75, 3.05) is 38.7 Å². The van der Waals surface area contributed by atoms with Gasteiger partial charge in [-0.15, -0.1) is 0 Å². The van der Waals surface area contributed by atoms with Crippen molar-refractivity contribution in [2.45, 2.75) is 45.1 Å². The molecule has 0 saturated carbocycles. The molecule has 17 heavy (non-hydrogen) atoms. The van der Waals surface area contributed by atoms with Gasteiger partial charge in [0.15, 0.2) is 0 Å². The molecular weight excluding hydrogens is 228 g/mol. The number of piperidine rings is 1. The Morgan fingerprint density at radius 3 is 2.65 bits per heavy atom. The monoisotopic (exact) mass is 258 g/mol. The van der Waals surface area contributed by atoms with Crippen molar-refractivity contribution < 1.29 is 0 Å². The highest BCUT2D eigenvalue weighted by atomic mass is 32.2. The second-order valence-electron chi connectivity index (χ2n) is 5.37. The quantitative estimate of drug-likeness (QED) is 0.674. The molecule has 0 amide bonds. The van der Waals surface area contributed by atoms with Gasteiger partial charge in [0.1, 0.15) is 0 Å². The number of nitrogens with zero attached hydrogens (tertiary/aromatic N) is 1. The summed E-state index contributed by atoms with van der Waals surface area (Å²) in [7, 11) is 2.10. The van der Waals surface area contributed by atoms with Gasteiger partial charge in [0.2, 0.25) is 0 Å². The van der Waals surface area contributed by atoms with Gasteiger partial charge < -0.3 is 10.2 Å².